The zero-order chi connectivity index (χ0) is 27.8. The molecule has 7 nitrogen and oxygen atoms in total. The number of hydrogen-bond donors (Lipinski definition) is 0. The van der Waals surface area contributed by atoms with Gasteiger partial charge in [-0.2, -0.15) is 0 Å². The molecule has 4 rings (SSSR count). The van der Waals surface area contributed by atoms with Crippen LogP contribution in [0.1, 0.15) is 16.7 Å². The van der Waals surface area contributed by atoms with Crippen LogP contribution >= 0.6 is 24.0 Å². The van der Waals surface area contributed by atoms with E-state index in [2.05, 4.69) is 0 Å². The van der Waals surface area contributed by atoms with Crippen molar-refractivity contribution in [2.45, 2.75) is 6.42 Å². The molecule has 0 bridgehead atoms. The minimum atomic E-state index is -0.492. The van der Waals surface area contributed by atoms with Crippen molar-refractivity contribution < 1.29 is 28.5 Å². The van der Waals surface area contributed by atoms with E-state index in [-0.39, 0.29) is 5.91 Å². The summed E-state index contributed by atoms with van der Waals surface area (Å²) in [5.41, 5.74) is 2.66. The maximum absolute atomic E-state index is 13.0. The molecule has 1 aliphatic rings. The summed E-state index contributed by atoms with van der Waals surface area (Å²) in [5, 5.41) is 0. The van der Waals surface area contributed by atoms with E-state index in [4.69, 9.17) is 31.2 Å². The van der Waals surface area contributed by atoms with Gasteiger partial charge >= 0.3 is 5.97 Å². The molecule has 0 spiro atoms. The number of ether oxygens (including phenoxy) is 4. The number of nitrogens with zero attached hydrogens (tertiary/aromatic N) is 1. The van der Waals surface area contributed by atoms with E-state index in [9.17, 15) is 9.59 Å². The average molecular weight is 562 g/mol. The molecule has 1 amide bonds. The van der Waals surface area contributed by atoms with Gasteiger partial charge in [0.15, 0.2) is 11.5 Å². The van der Waals surface area contributed by atoms with E-state index in [0.717, 1.165) is 22.4 Å². The highest BCUT2D eigenvalue weighted by Crippen LogP contribution is 2.33. The van der Waals surface area contributed by atoms with Gasteiger partial charge in [-0.15, -0.1) is 0 Å². The molecular weight excluding hydrogens is 534 g/mol. The van der Waals surface area contributed by atoms with Gasteiger partial charge < -0.3 is 18.9 Å². The lowest BCUT2D eigenvalue weighted by molar-refractivity contribution is -0.129. The van der Waals surface area contributed by atoms with Crippen molar-refractivity contribution in [1.29, 1.82) is 0 Å². The Morgan fingerprint density at radius 1 is 0.872 bits per heavy atom. The quantitative estimate of drug-likeness (QED) is 0.134. The number of amides is 1. The first-order valence-corrected chi connectivity index (χ1v) is 13.2. The number of carbonyl (C=O) groups is 2. The topological polar surface area (TPSA) is 74.3 Å². The highest BCUT2D eigenvalue weighted by molar-refractivity contribution is 8.26. The number of thioether (sulfide) groups is 1. The van der Waals surface area contributed by atoms with Crippen LogP contribution in [0, 0.1) is 0 Å². The number of esters is 1. The van der Waals surface area contributed by atoms with Crippen molar-refractivity contribution in [2.75, 3.05) is 27.9 Å². The molecule has 1 fully saturated rings. The van der Waals surface area contributed by atoms with Gasteiger partial charge in [-0.3, -0.25) is 9.69 Å². The van der Waals surface area contributed by atoms with Crippen molar-refractivity contribution in [3.8, 4) is 23.0 Å². The van der Waals surface area contributed by atoms with E-state index in [1.54, 1.807) is 62.6 Å². The summed E-state index contributed by atoms with van der Waals surface area (Å²) in [4.78, 5) is 27.4. The first-order valence-electron chi connectivity index (χ1n) is 12.0. The Morgan fingerprint density at radius 2 is 1.54 bits per heavy atom. The SMILES string of the molecule is COc1ccc(/C=C\C(=O)Oc2ccc(/C=C3\SC(=S)N(CCc4ccc(OC)c(OC)c4)C3=O)cc2)cc1. The maximum atomic E-state index is 13.0. The first kappa shape index (κ1) is 27.9. The third kappa shape index (κ3) is 7.28. The number of hydrogen-bond acceptors (Lipinski definition) is 8. The predicted molar refractivity (Wildman–Crippen MR) is 157 cm³/mol. The minimum absolute atomic E-state index is 0.135. The summed E-state index contributed by atoms with van der Waals surface area (Å²) in [7, 11) is 4.78. The third-order valence-corrected chi connectivity index (χ3v) is 7.25. The van der Waals surface area contributed by atoms with Gasteiger partial charge in [0.05, 0.1) is 26.2 Å². The number of carbonyl (C=O) groups excluding carboxylic acids is 2. The molecule has 200 valence electrons. The van der Waals surface area contributed by atoms with Crippen LogP contribution < -0.4 is 18.9 Å². The Balaban J connectivity index is 1.33. The molecule has 1 saturated heterocycles. The number of methoxy groups -OCH3 is 3. The van der Waals surface area contributed by atoms with Crippen LogP contribution in [0.25, 0.3) is 12.2 Å². The second-order valence-electron chi connectivity index (χ2n) is 8.37. The number of benzene rings is 3. The van der Waals surface area contributed by atoms with Crippen molar-refractivity contribution >= 4 is 52.3 Å². The highest BCUT2D eigenvalue weighted by Gasteiger charge is 2.31. The zero-order valence-corrected chi connectivity index (χ0v) is 23.3. The molecule has 9 heteroatoms. The summed E-state index contributed by atoms with van der Waals surface area (Å²) >= 11 is 6.74. The summed E-state index contributed by atoms with van der Waals surface area (Å²) in [6.07, 6.45) is 5.43. The lowest BCUT2D eigenvalue weighted by Gasteiger charge is -2.15. The Bertz CT molecular complexity index is 1410. The number of thiocarbonyl (C=S) groups is 1. The predicted octanol–water partition coefficient (Wildman–Crippen LogP) is 5.78. The monoisotopic (exact) mass is 561 g/mol. The molecule has 39 heavy (non-hydrogen) atoms. The molecule has 0 saturated carbocycles. The van der Waals surface area contributed by atoms with E-state index in [1.807, 2.05) is 42.5 Å². The lowest BCUT2D eigenvalue weighted by atomic mass is 10.1. The molecule has 3 aromatic carbocycles. The van der Waals surface area contributed by atoms with Crippen molar-refractivity contribution in [3.05, 3.63) is 94.4 Å². The molecule has 1 heterocycles. The summed E-state index contributed by atoms with van der Waals surface area (Å²) in [5.74, 6) is 1.81. The van der Waals surface area contributed by atoms with Gasteiger partial charge in [-0.25, -0.2) is 4.79 Å². The maximum Gasteiger partial charge on any atom is 0.336 e. The number of rotatable bonds is 10. The Kier molecular flexibility index (Phi) is 9.40. The van der Waals surface area contributed by atoms with Crippen molar-refractivity contribution in [2.24, 2.45) is 0 Å². The molecular formula is C30H27NO6S2. The van der Waals surface area contributed by atoms with Crippen LogP contribution in [-0.4, -0.2) is 49.0 Å². The van der Waals surface area contributed by atoms with Crippen LogP contribution in [0.2, 0.25) is 0 Å². The third-order valence-electron chi connectivity index (χ3n) is 5.87. The van der Waals surface area contributed by atoms with Gasteiger partial charge in [0, 0.05) is 12.6 Å². The smallest absolute Gasteiger partial charge is 0.336 e. The summed E-state index contributed by atoms with van der Waals surface area (Å²) in [6, 6.07) is 19.9. The molecule has 1 aliphatic heterocycles. The Labute approximate surface area is 237 Å². The Morgan fingerprint density at radius 3 is 2.21 bits per heavy atom. The van der Waals surface area contributed by atoms with E-state index in [0.29, 0.717) is 39.4 Å². The van der Waals surface area contributed by atoms with Crippen LogP contribution in [0.4, 0.5) is 0 Å². The lowest BCUT2D eigenvalue weighted by Crippen LogP contribution is -2.30. The minimum Gasteiger partial charge on any atom is -0.497 e. The molecule has 0 atom stereocenters. The van der Waals surface area contributed by atoms with Crippen LogP contribution in [-0.2, 0) is 16.0 Å². The fraction of sp³-hybridized carbons (Fsp3) is 0.167. The van der Waals surface area contributed by atoms with Gasteiger partial charge in [-0.05, 0) is 71.7 Å². The second-order valence-corrected chi connectivity index (χ2v) is 10.0. The van der Waals surface area contributed by atoms with Gasteiger partial charge in [0.2, 0.25) is 0 Å². The summed E-state index contributed by atoms with van der Waals surface area (Å²) < 4.78 is 21.7. The van der Waals surface area contributed by atoms with Gasteiger partial charge in [-0.1, -0.05) is 54.3 Å². The van der Waals surface area contributed by atoms with Crippen molar-refractivity contribution in [1.82, 2.24) is 4.90 Å². The Hall–Kier alpha value is -4.08. The average Bonchev–Trinajstić information content (AvgIpc) is 3.23. The molecule has 0 radical (unpaired) electrons. The van der Waals surface area contributed by atoms with Crippen molar-refractivity contribution in [3.63, 3.8) is 0 Å². The fourth-order valence-electron chi connectivity index (χ4n) is 3.78. The van der Waals surface area contributed by atoms with Crippen LogP contribution in [0.5, 0.6) is 23.0 Å². The molecule has 0 N–H and O–H groups in total. The van der Waals surface area contributed by atoms with E-state index < -0.39 is 5.97 Å². The second kappa shape index (κ2) is 13.1. The largest absolute Gasteiger partial charge is 0.497 e. The van der Waals surface area contributed by atoms with Gasteiger partial charge in [0.1, 0.15) is 15.8 Å². The molecule has 0 aromatic heterocycles. The highest BCUT2D eigenvalue weighted by atomic mass is 32.2. The standard InChI is InChI=1S/C30H27NO6S2/c1-34-23-10-4-20(5-11-23)9-15-28(32)37-24-12-6-21(7-13-24)19-27-29(33)31(30(38)39-27)17-16-22-8-14-25(35-2)26(18-22)36-3/h4-15,18-19H,16-17H2,1-3H3/b15-9-,27-19-. The first-order chi connectivity index (χ1) is 18.9. The normalized spacial score (nSPS) is 14.2. The molecule has 0 aliphatic carbocycles. The van der Waals surface area contributed by atoms with E-state index >= 15 is 0 Å². The van der Waals surface area contributed by atoms with Gasteiger partial charge in [0.25, 0.3) is 5.91 Å². The molecule has 0 unspecified atom stereocenters. The van der Waals surface area contributed by atoms with Crippen LogP contribution in [0.15, 0.2) is 77.7 Å². The summed E-state index contributed by atoms with van der Waals surface area (Å²) in [6.45, 7) is 0.455. The zero-order valence-electron chi connectivity index (χ0n) is 21.7. The van der Waals surface area contributed by atoms with E-state index in [1.165, 1.54) is 17.8 Å². The van der Waals surface area contributed by atoms with Crippen LogP contribution in [0.3, 0.4) is 0 Å². The fourth-order valence-corrected chi connectivity index (χ4v) is 5.09. The molecule has 3 aromatic rings.